The Hall–Kier alpha value is 0.843. The van der Waals surface area contributed by atoms with Gasteiger partial charge in [-0.2, -0.15) is 0 Å². The van der Waals surface area contributed by atoms with Crippen molar-refractivity contribution in [1.82, 2.24) is 4.90 Å². The van der Waals surface area contributed by atoms with Crippen LogP contribution in [0.5, 0.6) is 0 Å². The van der Waals surface area contributed by atoms with E-state index in [9.17, 15) is 0 Å². The topological polar surface area (TPSA) is 3.24 Å². The van der Waals surface area contributed by atoms with E-state index in [1.165, 1.54) is 0 Å². The van der Waals surface area contributed by atoms with Crippen LogP contribution in [0.2, 0.25) is 0 Å². The van der Waals surface area contributed by atoms with Crippen molar-refractivity contribution in [2.75, 3.05) is 6.54 Å². The first-order valence-corrected chi connectivity index (χ1v) is 3.85. The Morgan fingerprint density at radius 3 is 1.30 bits per heavy atom. The largest absolute Gasteiger partial charge is 0.299 e. The zero-order valence-corrected chi connectivity index (χ0v) is 10.3. The molecule has 0 saturated heterocycles. The molecule has 60 valence electrons. The summed E-state index contributed by atoms with van der Waals surface area (Å²) < 4.78 is 0. The van der Waals surface area contributed by atoms with Gasteiger partial charge in [0.1, 0.15) is 0 Å². The molecule has 0 aliphatic heterocycles. The third-order valence-electron chi connectivity index (χ3n) is 1.69. The number of hydrogen-bond acceptors (Lipinski definition) is 1. The molecule has 2 heteroatoms. The fraction of sp³-hybridized carbons (Fsp3) is 1.00. The maximum atomic E-state index is 2.46. The summed E-state index contributed by atoms with van der Waals surface area (Å²) in [6.45, 7) is 12.3. The van der Waals surface area contributed by atoms with Gasteiger partial charge in [0, 0.05) is 38.3 Å². The molecule has 0 aromatic rings. The van der Waals surface area contributed by atoms with Gasteiger partial charge in [-0.1, -0.05) is 6.92 Å². The van der Waals surface area contributed by atoms with Crippen LogP contribution in [0, 0.1) is 0 Å². The van der Waals surface area contributed by atoms with E-state index in [1.807, 2.05) is 0 Å². The third kappa shape index (κ3) is 4.63. The number of hydrogen-bond donors (Lipinski definition) is 0. The molecular formula is C8H19NZr. The SMILES string of the molecule is CCN(C(C)C)C(C)C.[Zr]. The van der Waals surface area contributed by atoms with Gasteiger partial charge in [-0.05, 0) is 34.2 Å². The Bertz CT molecular complexity index is 63.7. The Labute approximate surface area is 84.3 Å². The summed E-state index contributed by atoms with van der Waals surface area (Å²) in [5.74, 6) is 0. The van der Waals surface area contributed by atoms with Gasteiger partial charge in [-0.3, -0.25) is 4.90 Å². The van der Waals surface area contributed by atoms with Gasteiger partial charge in [-0.25, -0.2) is 0 Å². The van der Waals surface area contributed by atoms with Crippen molar-refractivity contribution in [2.45, 2.75) is 46.7 Å². The maximum absolute atomic E-state index is 2.46. The van der Waals surface area contributed by atoms with E-state index in [2.05, 4.69) is 39.5 Å². The van der Waals surface area contributed by atoms with Crippen LogP contribution in [0.3, 0.4) is 0 Å². The number of rotatable bonds is 3. The summed E-state index contributed by atoms with van der Waals surface area (Å²) in [6.07, 6.45) is 0. The van der Waals surface area contributed by atoms with E-state index in [1.54, 1.807) is 0 Å². The van der Waals surface area contributed by atoms with Gasteiger partial charge in [0.05, 0.1) is 0 Å². The number of nitrogens with zero attached hydrogens (tertiary/aromatic N) is 1. The molecule has 0 spiro atoms. The summed E-state index contributed by atoms with van der Waals surface area (Å²) in [6, 6.07) is 1.38. The van der Waals surface area contributed by atoms with Gasteiger partial charge in [0.15, 0.2) is 0 Å². The van der Waals surface area contributed by atoms with Crippen molar-refractivity contribution in [3.8, 4) is 0 Å². The molecule has 0 bridgehead atoms. The molecule has 0 N–H and O–H groups in total. The zero-order chi connectivity index (χ0) is 7.44. The second-order valence-corrected chi connectivity index (χ2v) is 3.02. The first-order chi connectivity index (χ1) is 4.09. The minimum atomic E-state index is 0. The van der Waals surface area contributed by atoms with Gasteiger partial charge in [0.2, 0.25) is 0 Å². The van der Waals surface area contributed by atoms with Crippen molar-refractivity contribution >= 4 is 0 Å². The van der Waals surface area contributed by atoms with Crippen molar-refractivity contribution in [1.29, 1.82) is 0 Å². The molecule has 0 aromatic carbocycles. The van der Waals surface area contributed by atoms with E-state index in [0.717, 1.165) is 6.54 Å². The molecule has 0 saturated carbocycles. The van der Waals surface area contributed by atoms with Crippen LogP contribution >= 0.6 is 0 Å². The first-order valence-electron chi connectivity index (χ1n) is 3.85. The summed E-state index contributed by atoms with van der Waals surface area (Å²) >= 11 is 0. The van der Waals surface area contributed by atoms with Crippen LogP contribution in [-0.2, 0) is 26.2 Å². The predicted molar refractivity (Wildman–Crippen MR) is 42.7 cm³/mol. The third-order valence-corrected chi connectivity index (χ3v) is 1.69. The molecule has 0 radical (unpaired) electrons. The molecular weight excluding hydrogens is 201 g/mol. The van der Waals surface area contributed by atoms with E-state index in [0.29, 0.717) is 12.1 Å². The van der Waals surface area contributed by atoms with Gasteiger partial charge in [-0.15, -0.1) is 0 Å². The standard InChI is InChI=1S/C8H19N.Zr/c1-6-9(7(2)3)8(4)5;/h7-8H,6H2,1-5H3;. The molecule has 0 aliphatic carbocycles. The molecule has 1 nitrogen and oxygen atoms in total. The molecule has 0 rings (SSSR count). The predicted octanol–water partition coefficient (Wildman–Crippen LogP) is 2.12. The average molecular weight is 220 g/mol. The van der Waals surface area contributed by atoms with E-state index < -0.39 is 0 Å². The first kappa shape index (κ1) is 13.4. The molecule has 0 fully saturated rings. The Morgan fingerprint density at radius 2 is 1.30 bits per heavy atom. The van der Waals surface area contributed by atoms with Gasteiger partial charge >= 0.3 is 0 Å². The Kier molecular flexibility index (Phi) is 8.80. The quantitative estimate of drug-likeness (QED) is 0.704. The minimum absolute atomic E-state index is 0. The summed E-state index contributed by atoms with van der Waals surface area (Å²) in [5, 5.41) is 0. The average Bonchev–Trinajstić information content (AvgIpc) is 1.64. The minimum Gasteiger partial charge on any atom is -0.299 e. The van der Waals surface area contributed by atoms with Crippen LogP contribution in [0.4, 0.5) is 0 Å². The molecule has 0 amide bonds. The van der Waals surface area contributed by atoms with Crippen molar-refractivity contribution in [3.63, 3.8) is 0 Å². The Morgan fingerprint density at radius 1 is 1.00 bits per heavy atom. The van der Waals surface area contributed by atoms with Crippen LogP contribution in [0.1, 0.15) is 34.6 Å². The van der Waals surface area contributed by atoms with Crippen molar-refractivity contribution in [3.05, 3.63) is 0 Å². The second kappa shape index (κ2) is 6.55. The van der Waals surface area contributed by atoms with Crippen molar-refractivity contribution < 1.29 is 26.2 Å². The van der Waals surface area contributed by atoms with Crippen LogP contribution in [-0.4, -0.2) is 23.5 Å². The van der Waals surface area contributed by atoms with Gasteiger partial charge < -0.3 is 0 Å². The molecule has 0 heterocycles. The summed E-state index contributed by atoms with van der Waals surface area (Å²) in [4.78, 5) is 2.46. The normalized spacial score (nSPS) is 10.8. The van der Waals surface area contributed by atoms with Crippen LogP contribution < -0.4 is 0 Å². The fourth-order valence-electron chi connectivity index (χ4n) is 1.33. The molecule has 0 aromatic heterocycles. The molecule has 0 aliphatic rings. The molecule has 0 unspecified atom stereocenters. The monoisotopic (exact) mass is 219 g/mol. The van der Waals surface area contributed by atoms with Crippen LogP contribution in [0.25, 0.3) is 0 Å². The van der Waals surface area contributed by atoms with E-state index >= 15 is 0 Å². The zero-order valence-electron chi connectivity index (χ0n) is 7.81. The molecule has 10 heavy (non-hydrogen) atoms. The second-order valence-electron chi connectivity index (χ2n) is 3.02. The Balaban J connectivity index is 0. The summed E-state index contributed by atoms with van der Waals surface area (Å²) in [7, 11) is 0. The molecule has 0 atom stereocenters. The summed E-state index contributed by atoms with van der Waals surface area (Å²) in [5.41, 5.74) is 0. The maximum Gasteiger partial charge on any atom is 0.00411 e. The van der Waals surface area contributed by atoms with Crippen molar-refractivity contribution in [2.24, 2.45) is 0 Å². The van der Waals surface area contributed by atoms with E-state index in [4.69, 9.17) is 0 Å². The van der Waals surface area contributed by atoms with Crippen LogP contribution in [0.15, 0.2) is 0 Å². The van der Waals surface area contributed by atoms with E-state index in [-0.39, 0.29) is 26.2 Å². The van der Waals surface area contributed by atoms with Gasteiger partial charge in [0.25, 0.3) is 0 Å². The smallest absolute Gasteiger partial charge is 0.00411 e. The fourth-order valence-corrected chi connectivity index (χ4v) is 1.33.